The van der Waals surface area contributed by atoms with Crippen molar-refractivity contribution in [2.45, 2.75) is 32.2 Å². The fourth-order valence-corrected chi connectivity index (χ4v) is 3.05. The van der Waals surface area contributed by atoms with Crippen LogP contribution in [0, 0.1) is 6.92 Å². The molecule has 0 amide bonds. The third kappa shape index (κ3) is 2.22. The number of rotatable bonds is 4. The Kier molecular flexibility index (Phi) is 2.61. The summed E-state index contributed by atoms with van der Waals surface area (Å²) in [5.74, 6) is 1.58. The minimum Gasteiger partial charge on any atom is -0.355 e. The molecule has 16 heavy (non-hydrogen) atoms. The van der Waals surface area contributed by atoms with Crippen LogP contribution in [0.2, 0.25) is 0 Å². The Morgan fingerprint density at radius 2 is 2.38 bits per heavy atom. The molecule has 1 aliphatic carbocycles. The van der Waals surface area contributed by atoms with Gasteiger partial charge in [0.2, 0.25) is 5.13 Å². The zero-order valence-electron chi connectivity index (χ0n) is 8.93. The standard InChI is InChI=1S/C10H12N4S2/c1-6-13-10(16-14-6)12-5-8-4-11-9(15-8)7-2-3-7/h4,7H,2-3,5H2,1H3,(H,12,13,14). The molecule has 0 unspecified atom stereocenters. The summed E-state index contributed by atoms with van der Waals surface area (Å²) in [7, 11) is 0. The number of nitrogens with zero attached hydrogens (tertiary/aromatic N) is 3. The van der Waals surface area contributed by atoms with Gasteiger partial charge in [-0.2, -0.15) is 4.37 Å². The molecule has 2 aromatic heterocycles. The van der Waals surface area contributed by atoms with Gasteiger partial charge in [0.05, 0.1) is 11.6 Å². The molecular formula is C10H12N4S2. The Morgan fingerprint density at radius 1 is 1.50 bits per heavy atom. The van der Waals surface area contributed by atoms with Crippen molar-refractivity contribution in [1.82, 2.24) is 14.3 Å². The summed E-state index contributed by atoms with van der Waals surface area (Å²) < 4.78 is 4.13. The van der Waals surface area contributed by atoms with Gasteiger partial charge in [-0.3, -0.25) is 0 Å². The van der Waals surface area contributed by atoms with Crippen molar-refractivity contribution in [1.29, 1.82) is 0 Å². The first-order chi connectivity index (χ1) is 7.81. The zero-order valence-corrected chi connectivity index (χ0v) is 10.6. The Hall–Kier alpha value is -1.01. The van der Waals surface area contributed by atoms with E-state index in [1.54, 1.807) is 0 Å². The number of aryl methyl sites for hydroxylation is 1. The van der Waals surface area contributed by atoms with Crippen molar-refractivity contribution < 1.29 is 0 Å². The van der Waals surface area contributed by atoms with E-state index in [2.05, 4.69) is 19.7 Å². The second-order valence-corrected chi connectivity index (χ2v) is 5.84. The van der Waals surface area contributed by atoms with Crippen molar-refractivity contribution >= 4 is 28.0 Å². The molecule has 0 aliphatic heterocycles. The van der Waals surface area contributed by atoms with Crippen molar-refractivity contribution in [3.8, 4) is 0 Å². The van der Waals surface area contributed by atoms with Gasteiger partial charge in [0.15, 0.2) is 0 Å². The van der Waals surface area contributed by atoms with Crippen molar-refractivity contribution in [2.24, 2.45) is 0 Å². The van der Waals surface area contributed by atoms with E-state index in [0.717, 1.165) is 23.4 Å². The quantitative estimate of drug-likeness (QED) is 0.909. The number of anilines is 1. The SMILES string of the molecule is Cc1nsc(NCc2cnc(C3CC3)s2)n1. The predicted octanol–water partition coefficient (Wildman–Crippen LogP) is 2.79. The van der Waals surface area contributed by atoms with Gasteiger partial charge in [-0.1, -0.05) is 0 Å². The molecule has 2 aromatic rings. The summed E-state index contributed by atoms with van der Waals surface area (Å²) in [6, 6.07) is 0. The molecule has 4 nitrogen and oxygen atoms in total. The smallest absolute Gasteiger partial charge is 0.202 e. The van der Waals surface area contributed by atoms with Crippen LogP contribution in [0.5, 0.6) is 0 Å². The van der Waals surface area contributed by atoms with Crippen molar-refractivity contribution in [3.63, 3.8) is 0 Å². The minimum atomic E-state index is 0.752. The molecule has 84 valence electrons. The number of thiazole rings is 1. The Labute approximate surface area is 102 Å². The fraction of sp³-hybridized carbons (Fsp3) is 0.500. The molecule has 0 bridgehead atoms. The van der Waals surface area contributed by atoms with Gasteiger partial charge in [0.25, 0.3) is 0 Å². The van der Waals surface area contributed by atoms with Crippen LogP contribution in [0.25, 0.3) is 0 Å². The lowest BCUT2D eigenvalue weighted by Gasteiger charge is -1.96. The first-order valence-corrected chi connectivity index (χ1v) is 6.89. The summed E-state index contributed by atoms with van der Waals surface area (Å²) in [6.45, 7) is 2.71. The van der Waals surface area contributed by atoms with Gasteiger partial charge in [-0.25, -0.2) is 9.97 Å². The Balaban J connectivity index is 1.61. The lowest BCUT2D eigenvalue weighted by atomic mass is 10.5. The maximum Gasteiger partial charge on any atom is 0.202 e. The Morgan fingerprint density at radius 3 is 3.06 bits per heavy atom. The number of hydrogen-bond acceptors (Lipinski definition) is 6. The summed E-state index contributed by atoms with van der Waals surface area (Å²) in [5.41, 5.74) is 0. The van der Waals surface area contributed by atoms with E-state index in [-0.39, 0.29) is 0 Å². The molecule has 1 saturated carbocycles. The van der Waals surface area contributed by atoms with Gasteiger partial charge in [-0.05, 0) is 19.8 Å². The van der Waals surface area contributed by atoms with Gasteiger partial charge >= 0.3 is 0 Å². The van der Waals surface area contributed by atoms with Crippen LogP contribution < -0.4 is 5.32 Å². The van der Waals surface area contributed by atoms with Crippen LogP contribution >= 0.6 is 22.9 Å². The Bertz CT molecular complexity index is 486. The van der Waals surface area contributed by atoms with Crippen LogP contribution in [-0.2, 0) is 6.54 Å². The molecule has 1 fully saturated rings. The highest BCUT2D eigenvalue weighted by Gasteiger charge is 2.26. The molecule has 0 atom stereocenters. The fourth-order valence-electron chi connectivity index (χ4n) is 1.45. The largest absolute Gasteiger partial charge is 0.355 e. The summed E-state index contributed by atoms with van der Waals surface area (Å²) in [4.78, 5) is 9.98. The van der Waals surface area contributed by atoms with Crippen LogP contribution in [0.3, 0.4) is 0 Å². The molecule has 1 aliphatic rings. The van der Waals surface area contributed by atoms with Crippen molar-refractivity contribution in [3.05, 3.63) is 21.9 Å². The van der Waals surface area contributed by atoms with E-state index in [1.807, 2.05) is 24.5 Å². The number of nitrogens with one attached hydrogen (secondary N) is 1. The van der Waals surface area contributed by atoms with Crippen LogP contribution in [0.1, 0.15) is 34.5 Å². The maximum atomic E-state index is 4.44. The van der Waals surface area contributed by atoms with Crippen LogP contribution in [0.4, 0.5) is 5.13 Å². The molecule has 6 heteroatoms. The number of aromatic nitrogens is 3. The summed E-state index contributed by atoms with van der Waals surface area (Å²) >= 11 is 3.22. The molecule has 2 heterocycles. The highest BCUT2D eigenvalue weighted by molar-refractivity contribution is 7.11. The van der Waals surface area contributed by atoms with E-state index in [4.69, 9.17) is 0 Å². The number of hydrogen-bond donors (Lipinski definition) is 1. The lowest BCUT2D eigenvalue weighted by Crippen LogP contribution is -1.96. The van der Waals surface area contributed by atoms with Gasteiger partial charge in [0.1, 0.15) is 5.82 Å². The molecule has 1 N–H and O–H groups in total. The van der Waals surface area contributed by atoms with Crippen molar-refractivity contribution in [2.75, 3.05) is 5.32 Å². The average molecular weight is 252 g/mol. The van der Waals surface area contributed by atoms with E-state index >= 15 is 0 Å². The predicted molar refractivity (Wildman–Crippen MR) is 66.1 cm³/mol. The molecule has 0 saturated heterocycles. The topological polar surface area (TPSA) is 50.7 Å². The van der Waals surface area contributed by atoms with E-state index in [0.29, 0.717) is 0 Å². The second kappa shape index (κ2) is 4.10. The average Bonchev–Trinajstić information content (AvgIpc) is 2.87. The van der Waals surface area contributed by atoms with E-state index in [1.165, 1.54) is 34.3 Å². The lowest BCUT2D eigenvalue weighted by molar-refractivity contribution is 1.07. The first-order valence-electron chi connectivity index (χ1n) is 5.30. The normalized spacial score (nSPS) is 15.3. The van der Waals surface area contributed by atoms with Crippen LogP contribution in [-0.4, -0.2) is 14.3 Å². The van der Waals surface area contributed by atoms with E-state index < -0.39 is 0 Å². The van der Waals surface area contributed by atoms with Gasteiger partial charge in [-0.15, -0.1) is 11.3 Å². The van der Waals surface area contributed by atoms with Crippen LogP contribution in [0.15, 0.2) is 6.20 Å². The highest BCUT2D eigenvalue weighted by Crippen LogP contribution is 2.41. The third-order valence-corrected chi connectivity index (χ3v) is 4.36. The molecule has 3 rings (SSSR count). The first kappa shape index (κ1) is 10.2. The maximum absolute atomic E-state index is 4.44. The monoisotopic (exact) mass is 252 g/mol. The third-order valence-electron chi connectivity index (χ3n) is 2.44. The van der Waals surface area contributed by atoms with Gasteiger partial charge in [0, 0.05) is 28.5 Å². The summed E-state index contributed by atoms with van der Waals surface area (Å²) in [5, 5.41) is 5.45. The minimum absolute atomic E-state index is 0.752. The van der Waals surface area contributed by atoms with Gasteiger partial charge < -0.3 is 5.32 Å². The molecular weight excluding hydrogens is 240 g/mol. The zero-order chi connectivity index (χ0) is 11.0. The summed E-state index contributed by atoms with van der Waals surface area (Å²) in [6.07, 6.45) is 4.60. The molecule has 0 spiro atoms. The molecule has 0 radical (unpaired) electrons. The second-order valence-electron chi connectivity index (χ2n) is 3.94. The highest BCUT2D eigenvalue weighted by atomic mass is 32.1. The molecule has 0 aromatic carbocycles. The van der Waals surface area contributed by atoms with E-state index in [9.17, 15) is 0 Å².